The fraction of sp³-hybridized carbons (Fsp3) is 0.333. The summed E-state index contributed by atoms with van der Waals surface area (Å²) in [6.07, 6.45) is -4.20. The van der Waals surface area contributed by atoms with Crippen LogP contribution >= 0.6 is 12.4 Å². The van der Waals surface area contributed by atoms with Gasteiger partial charge < -0.3 is 5.73 Å². The summed E-state index contributed by atoms with van der Waals surface area (Å²) in [6.45, 7) is 1.12. The van der Waals surface area contributed by atoms with Crippen LogP contribution in [0.15, 0.2) is 24.3 Å². The van der Waals surface area contributed by atoms with Crippen molar-refractivity contribution in [1.29, 1.82) is 0 Å². The summed E-state index contributed by atoms with van der Waals surface area (Å²) in [4.78, 5) is 0. The van der Waals surface area contributed by atoms with Gasteiger partial charge in [-0.2, -0.15) is 13.2 Å². The highest BCUT2D eigenvalue weighted by molar-refractivity contribution is 5.85. The number of hydrogen-bond donors (Lipinski definition) is 1. The Morgan fingerprint density at radius 3 is 2.29 bits per heavy atom. The standard InChI is InChI=1S/C9H10F3N.ClH/c1-6(9(10,11)12)7-3-2-4-8(13)5-7;/h2-6H,13H2,1H3;1H. The zero-order valence-electron chi connectivity index (χ0n) is 7.51. The molecule has 0 radical (unpaired) electrons. The maximum Gasteiger partial charge on any atom is 0.395 e. The number of anilines is 1. The molecule has 1 nitrogen and oxygen atoms in total. The zero-order valence-corrected chi connectivity index (χ0v) is 8.32. The minimum atomic E-state index is -4.20. The molecule has 0 aliphatic heterocycles. The van der Waals surface area contributed by atoms with E-state index in [9.17, 15) is 13.2 Å². The van der Waals surface area contributed by atoms with Crippen LogP contribution in [0.3, 0.4) is 0 Å². The lowest BCUT2D eigenvalue weighted by Crippen LogP contribution is -2.17. The summed E-state index contributed by atoms with van der Waals surface area (Å²) in [6, 6.07) is 5.85. The van der Waals surface area contributed by atoms with Gasteiger partial charge in [0.05, 0.1) is 5.92 Å². The molecule has 0 bridgehead atoms. The summed E-state index contributed by atoms with van der Waals surface area (Å²) in [5.41, 5.74) is 5.93. The Morgan fingerprint density at radius 2 is 1.86 bits per heavy atom. The van der Waals surface area contributed by atoms with Crippen molar-refractivity contribution in [1.82, 2.24) is 0 Å². The Labute approximate surface area is 86.5 Å². The van der Waals surface area contributed by atoms with E-state index in [4.69, 9.17) is 5.73 Å². The average molecular weight is 226 g/mol. The molecule has 1 aromatic rings. The van der Waals surface area contributed by atoms with Crippen LogP contribution in [0.2, 0.25) is 0 Å². The molecule has 1 rings (SSSR count). The van der Waals surface area contributed by atoms with E-state index in [0.717, 1.165) is 6.92 Å². The largest absolute Gasteiger partial charge is 0.399 e. The molecule has 14 heavy (non-hydrogen) atoms. The van der Waals surface area contributed by atoms with Crippen LogP contribution in [0.5, 0.6) is 0 Å². The van der Waals surface area contributed by atoms with Crippen LogP contribution in [-0.2, 0) is 0 Å². The van der Waals surface area contributed by atoms with Crippen molar-refractivity contribution in [3.05, 3.63) is 29.8 Å². The van der Waals surface area contributed by atoms with Crippen molar-refractivity contribution < 1.29 is 13.2 Å². The van der Waals surface area contributed by atoms with Gasteiger partial charge in [-0.25, -0.2) is 0 Å². The Kier molecular flexibility index (Phi) is 4.26. The van der Waals surface area contributed by atoms with Crippen LogP contribution in [0.25, 0.3) is 0 Å². The third-order valence-electron chi connectivity index (χ3n) is 1.90. The number of nitrogens with two attached hydrogens (primary N) is 1. The number of rotatable bonds is 1. The third-order valence-corrected chi connectivity index (χ3v) is 1.90. The number of nitrogen functional groups attached to an aromatic ring is 1. The molecular formula is C9H11ClF3N. The van der Waals surface area contributed by atoms with Gasteiger partial charge in [0.2, 0.25) is 0 Å². The van der Waals surface area contributed by atoms with E-state index >= 15 is 0 Å². The predicted molar refractivity (Wildman–Crippen MR) is 52.6 cm³/mol. The molecule has 1 atom stereocenters. The van der Waals surface area contributed by atoms with E-state index in [1.807, 2.05) is 0 Å². The molecule has 0 amide bonds. The first-order chi connectivity index (χ1) is 5.91. The van der Waals surface area contributed by atoms with Gasteiger partial charge in [0.1, 0.15) is 0 Å². The molecule has 2 N–H and O–H groups in total. The van der Waals surface area contributed by atoms with Crippen LogP contribution in [0.1, 0.15) is 18.4 Å². The second-order valence-electron chi connectivity index (χ2n) is 2.93. The molecule has 0 heterocycles. The second kappa shape index (κ2) is 4.55. The van der Waals surface area contributed by atoms with Crippen molar-refractivity contribution in [2.45, 2.75) is 19.0 Å². The van der Waals surface area contributed by atoms with Crippen LogP contribution < -0.4 is 5.73 Å². The minimum Gasteiger partial charge on any atom is -0.399 e. The summed E-state index contributed by atoms with van der Waals surface area (Å²) in [5.74, 6) is -1.46. The number of alkyl halides is 3. The average Bonchev–Trinajstić information content (AvgIpc) is 2.01. The molecule has 0 saturated heterocycles. The number of benzene rings is 1. The Balaban J connectivity index is 0.00000169. The van der Waals surface area contributed by atoms with E-state index in [0.29, 0.717) is 5.69 Å². The molecule has 80 valence electrons. The summed E-state index contributed by atoms with van der Waals surface area (Å²) >= 11 is 0. The highest BCUT2D eigenvalue weighted by atomic mass is 35.5. The molecule has 1 aromatic carbocycles. The molecule has 5 heteroatoms. The topological polar surface area (TPSA) is 26.0 Å². The number of hydrogen-bond acceptors (Lipinski definition) is 1. The van der Waals surface area contributed by atoms with Crippen molar-refractivity contribution in [3.8, 4) is 0 Å². The quantitative estimate of drug-likeness (QED) is 0.729. The SMILES string of the molecule is CC(c1cccc(N)c1)C(F)(F)F.Cl. The van der Waals surface area contributed by atoms with E-state index < -0.39 is 12.1 Å². The van der Waals surface area contributed by atoms with Crippen molar-refractivity contribution in [2.75, 3.05) is 5.73 Å². The predicted octanol–water partition coefficient (Wildman–Crippen LogP) is 3.36. The van der Waals surface area contributed by atoms with E-state index in [1.54, 1.807) is 6.07 Å². The molecule has 0 aliphatic carbocycles. The first-order valence-electron chi connectivity index (χ1n) is 3.83. The van der Waals surface area contributed by atoms with Gasteiger partial charge in [-0.15, -0.1) is 12.4 Å². The molecule has 0 aromatic heterocycles. The second-order valence-corrected chi connectivity index (χ2v) is 2.93. The Morgan fingerprint density at radius 1 is 1.29 bits per heavy atom. The van der Waals surface area contributed by atoms with Crippen LogP contribution in [0.4, 0.5) is 18.9 Å². The fourth-order valence-corrected chi connectivity index (χ4v) is 1.02. The lowest BCUT2D eigenvalue weighted by atomic mass is 10.0. The van der Waals surface area contributed by atoms with Crippen LogP contribution in [-0.4, -0.2) is 6.18 Å². The van der Waals surface area contributed by atoms with E-state index in [2.05, 4.69) is 0 Å². The summed E-state index contributed by atoms with van der Waals surface area (Å²) in [7, 11) is 0. The van der Waals surface area contributed by atoms with Crippen LogP contribution in [0, 0.1) is 0 Å². The monoisotopic (exact) mass is 225 g/mol. The Bertz CT molecular complexity index is 298. The van der Waals surface area contributed by atoms with Gasteiger partial charge >= 0.3 is 6.18 Å². The maximum absolute atomic E-state index is 12.2. The van der Waals surface area contributed by atoms with Crippen molar-refractivity contribution in [2.24, 2.45) is 0 Å². The van der Waals surface area contributed by atoms with Gasteiger partial charge in [0.25, 0.3) is 0 Å². The summed E-state index contributed by atoms with van der Waals surface area (Å²) in [5, 5.41) is 0. The van der Waals surface area contributed by atoms with Gasteiger partial charge in [-0.3, -0.25) is 0 Å². The first kappa shape index (κ1) is 13.1. The van der Waals surface area contributed by atoms with Gasteiger partial charge in [-0.1, -0.05) is 12.1 Å². The molecule has 1 unspecified atom stereocenters. The van der Waals surface area contributed by atoms with Crippen molar-refractivity contribution >= 4 is 18.1 Å². The summed E-state index contributed by atoms with van der Waals surface area (Å²) < 4.78 is 36.7. The number of halogens is 4. The zero-order chi connectivity index (χ0) is 10.1. The van der Waals surface area contributed by atoms with E-state index in [-0.39, 0.29) is 18.0 Å². The molecular weight excluding hydrogens is 215 g/mol. The Hall–Kier alpha value is -0.900. The molecule has 0 fully saturated rings. The van der Waals surface area contributed by atoms with Gasteiger partial charge in [0, 0.05) is 5.69 Å². The highest BCUT2D eigenvalue weighted by Crippen LogP contribution is 2.34. The van der Waals surface area contributed by atoms with Gasteiger partial charge in [-0.05, 0) is 24.6 Å². The molecule has 0 saturated carbocycles. The minimum absolute atomic E-state index is 0. The molecule has 0 spiro atoms. The first-order valence-corrected chi connectivity index (χ1v) is 3.83. The van der Waals surface area contributed by atoms with Crippen molar-refractivity contribution in [3.63, 3.8) is 0 Å². The lowest BCUT2D eigenvalue weighted by Gasteiger charge is -2.15. The van der Waals surface area contributed by atoms with Gasteiger partial charge in [0.15, 0.2) is 0 Å². The third kappa shape index (κ3) is 3.10. The smallest absolute Gasteiger partial charge is 0.395 e. The molecule has 0 aliphatic rings. The maximum atomic E-state index is 12.2. The fourth-order valence-electron chi connectivity index (χ4n) is 1.02. The normalized spacial score (nSPS) is 13.1. The van der Waals surface area contributed by atoms with E-state index in [1.165, 1.54) is 18.2 Å². The lowest BCUT2D eigenvalue weighted by molar-refractivity contribution is -0.146. The highest BCUT2D eigenvalue weighted by Gasteiger charge is 2.36.